The highest BCUT2D eigenvalue weighted by molar-refractivity contribution is 7.90. The lowest BCUT2D eigenvalue weighted by Crippen LogP contribution is -2.50. The number of aromatic nitrogens is 1. The molecule has 0 aromatic carbocycles. The van der Waals surface area contributed by atoms with E-state index in [4.69, 9.17) is 4.52 Å². The van der Waals surface area contributed by atoms with Crippen molar-refractivity contribution >= 4 is 15.9 Å². The second kappa shape index (κ2) is 7.23. The van der Waals surface area contributed by atoms with E-state index in [2.05, 4.69) is 9.88 Å². The molecule has 0 unspecified atom stereocenters. The first kappa shape index (κ1) is 17.4. The molecule has 2 heterocycles. The lowest BCUT2D eigenvalue weighted by atomic mass is 10.1. The van der Waals surface area contributed by atoms with E-state index in [0.29, 0.717) is 30.8 Å². The van der Waals surface area contributed by atoms with Gasteiger partial charge in [-0.3, -0.25) is 4.79 Å². The predicted octanol–water partition coefficient (Wildman–Crippen LogP) is 1.38. The van der Waals surface area contributed by atoms with Crippen molar-refractivity contribution in [3.8, 4) is 0 Å². The van der Waals surface area contributed by atoms with E-state index in [1.807, 2.05) is 0 Å². The van der Waals surface area contributed by atoms with Gasteiger partial charge in [0.05, 0.1) is 17.4 Å². The number of likely N-dealkylation sites (tertiary alicyclic amines) is 1. The molecule has 1 aromatic rings. The molecule has 1 aliphatic carbocycles. The Balaban J connectivity index is 1.59. The molecule has 1 saturated heterocycles. The number of aryl methyl sites for hydroxylation is 1. The largest absolute Gasteiger partial charge is 0.361 e. The first-order valence-corrected chi connectivity index (χ1v) is 10.2. The summed E-state index contributed by atoms with van der Waals surface area (Å²) in [5, 5.41) is 3.32. The van der Waals surface area contributed by atoms with Crippen molar-refractivity contribution in [2.24, 2.45) is 0 Å². The number of piperidine rings is 1. The van der Waals surface area contributed by atoms with E-state index in [1.54, 1.807) is 17.9 Å². The van der Waals surface area contributed by atoms with Crippen molar-refractivity contribution in [1.29, 1.82) is 0 Å². The van der Waals surface area contributed by atoms with Gasteiger partial charge in [-0.2, -0.15) is 0 Å². The molecule has 1 aromatic heterocycles. The Labute approximate surface area is 142 Å². The van der Waals surface area contributed by atoms with E-state index in [-0.39, 0.29) is 24.9 Å². The second-order valence-corrected chi connectivity index (χ2v) is 8.85. The van der Waals surface area contributed by atoms with Crippen LogP contribution in [0.4, 0.5) is 0 Å². The van der Waals surface area contributed by atoms with Crippen molar-refractivity contribution in [2.45, 2.75) is 63.2 Å². The monoisotopic (exact) mass is 355 g/mol. The normalized spacial score (nSPS) is 22.9. The molecule has 0 spiro atoms. The third-order valence-corrected chi connectivity index (χ3v) is 6.79. The maximum Gasteiger partial charge on any atom is 0.228 e. The zero-order valence-corrected chi connectivity index (χ0v) is 14.8. The van der Waals surface area contributed by atoms with Crippen molar-refractivity contribution in [3.63, 3.8) is 0 Å². The van der Waals surface area contributed by atoms with Crippen LogP contribution in [0.5, 0.6) is 0 Å². The summed E-state index contributed by atoms with van der Waals surface area (Å²) in [4.78, 5) is 14.1. The van der Waals surface area contributed by atoms with Gasteiger partial charge in [-0.15, -0.1) is 0 Å². The topological polar surface area (TPSA) is 92.5 Å². The molecule has 0 bridgehead atoms. The van der Waals surface area contributed by atoms with Gasteiger partial charge >= 0.3 is 0 Å². The van der Waals surface area contributed by atoms with Gasteiger partial charge in [0.2, 0.25) is 15.9 Å². The van der Waals surface area contributed by atoms with Crippen LogP contribution in [-0.2, 0) is 21.2 Å². The smallest absolute Gasteiger partial charge is 0.228 e. The summed E-state index contributed by atoms with van der Waals surface area (Å²) >= 11 is 0. The molecule has 134 valence electrons. The fourth-order valence-electron chi connectivity index (χ4n) is 3.56. The lowest BCUT2D eigenvalue weighted by molar-refractivity contribution is -0.131. The van der Waals surface area contributed by atoms with Gasteiger partial charge in [0.25, 0.3) is 0 Å². The van der Waals surface area contributed by atoms with E-state index in [9.17, 15) is 13.2 Å². The molecule has 8 heteroatoms. The third-order valence-electron chi connectivity index (χ3n) is 4.86. The summed E-state index contributed by atoms with van der Waals surface area (Å²) in [6.07, 6.45) is 5.47. The summed E-state index contributed by atoms with van der Waals surface area (Å²) < 4.78 is 33.0. The highest BCUT2D eigenvalue weighted by Gasteiger charge is 2.34. The zero-order chi connectivity index (χ0) is 17.2. The van der Waals surface area contributed by atoms with E-state index < -0.39 is 15.3 Å². The summed E-state index contributed by atoms with van der Waals surface area (Å²) in [6, 6.07) is 1.80. The molecular formula is C16H25N3O4S. The molecule has 3 rings (SSSR count). The average Bonchev–Trinajstić information content (AvgIpc) is 3.19. The number of nitrogens with zero attached hydrogens (tertiary/aromatic N) is 2. The minimum absolute atomic E-state index is 0.0687. The van der Waals surface area contributed by atoms with Crippen LogP contribution in [0.2, 0.25) is 0 Å². The SMILES string of the molecule is Cc1cc(CC(=O)N2CCC[C@@H](S(=O)(=O)NC3CCCC3)C2)no1. The second-order valence-electron chi connectivity index (χ2n) is 6.85. The number of carbonyl (C=O) groups excluding carboxylic acids is 1. The molecule has 2 fully saturated rings. The lowest BCUT2D eigenvalue weighted by Gasteiger charge is -2.33. The minimum atomic E-state index is -3.38. The predicted molar refractivity (Wildman–Crippen MR) is 88.9 cm³/mol. The van der Waals surface area contributed by atoms with Crippen LogP contribution in [-0.4, -0.2) is 48.8 Å². The Morgan fingerprint density at radius 2 is 2.08 bits per heavy atom. The van der Waals surface area contributed by atoms with Crippen LogP contribution < -0.4 is 4.72 Å². The molecule has 24 heavy (non-hydrogen) atoms. The van der Waals surface area contributed by atoms with E-state index in [0.717, 1.165) is 25.7 Å². The maximum atomic E-state index is 12.6. The highest BCUT2D eigenvalue weighted by Crippen LogP contribution is 2.22. The van der Waals surface area contributed by atoms with Crippen molar-refractivity contribution in [3.05, 3.63) is 17.5 Å². The number of sulfonamides is 1. The van der Waals surface area contributed by atoms with Gasteiger partial charge in [0.15, 0.2) is 0 Å². The van der Waals surface area contributed by atoms with Gasteiger partial charge in [-0.05, 0) is 32.6 Å². The number of amides is 1. The Hall–Kier alpha value is -1.41. The molecule has 2 aliphatic rings. The van der Waals surface area contributed by atoms with E-state index >= 15 is 0 Å². The first-order chi connectivity index (χ1) is 11.4. The molecule has 1 saturated carbocycles. The van der Waals surface area contributed by atoms with Crippen LogP contribution in [0.15, 0.2) is 10.6 Å². The zero-order valence-electron chi connectivity index (χ0n) is 14.0. The van der Waals surface area contributed by atoms with Crippen LogP contribution in [0, 0.1) is 6.92 Å². The average molecular weight is 355 g/mol. The van der Waals surface area contributed by atoms with Gasteiger partial charge in [0, 0.05) is 25.2 Å². The number of nitrogens with one attached hydrogen (secondary N) is 1. The molecule has 1 aliphatic heterocycles. The fraction of sp³-hybridized carbons (Fsp3) is 0.750. The summed E-state index contributed by atoms with van der Waals surface area (Å²) in [5.41, 5.74) is 0.589. The number of carbonyl (C=O) groups is 1. The van der Waals surface area contributed by atoms with Gasteiger partial charge < -0.3 is 9.42 Å². The van der Waals surface area contributed by atoms with Crippen molar-refractivity contribution < 1.29 is 17.7 Å². The van der Waals surface area contributed by atoms with Crippen LogP contribution in [0.1, 0.15) is 50.0 Å². The Kier molecular flexibility index (Phi) is 5.24. The number of hydrogen-bond acceptors (Lipinski definition) is 5. The molecule has 1 N–H and O–H groups in total. The molecule has 0 radical (unpaired) electrons. The van der Waals surface area contributed by atoms with Crippen molar-refractivity contribution in [1.82, 2.24) is 14.8 Å². The number of hydrogen-bond donors (Lipinski definition) is 1. The molecule has 1 amide bonds. The summed E-state index contributed by atoms with van der Waals surface area (Å²) in [7, 11) is -3.38. The molecular weight excluding hydrogens is 330 g/mol. The minimum Gasteiger partial charge on any atom is -0.361 e. The van der Waals surface area contributed by atoms with Crippen LogP contribution >= 0.6 is 0 Å². The first-order valence-electron chi connectivity index (χ1n) is 8.65. The van der Waals surface area contributed by atoms with Gasteiger partial charge in [-0.1, -0.05) is 18.0 Å². The quantitative estimate of drug-likeness (QED) is 0.861. The number of rotatable bonds is 5. The van der Waals surface area contributed by atoms with Gasteiger partial charge in [0.1, 0.15) is 5.76 Å². The molecule has 7 nitrogen and oxygen atoms in total. The Morgan fingerprint density at radius 1 is 1.33 bits per heavy atom. The Morgan fingerprint density at radius 3 is 2.75 bits per heavy atom. The summed E-state index contributed by atoms with van der Waals surface area (Å²) in [6.45, 7) is 2.64. The van der Waals surface area contributed by atoms with Gasteiger partial charge in [-0.25, -0.2) is 13.1 Å². The Bertz CT molecular complexity index is 679. The van der Waals surface area contributed by atoms with Crippen molar-refractivity contribution in [2.75, 3.05) is 13.1 Å². The van der Waals surface area contributed by atoms with Crippen LogP contribution in [0.3, 0.4) is 0 Å². The molecule has 1 atom stereocenters. The fourth-order valence-corrected chi connectivity index (χ4v) is 5.30. The van der Waals surface area contributed by atoms with E-state index in [1.165, 1.54) is 0 Å². The highest BCUT2D eigenvalue weighted by atomic mass is 32.2. The summed E-state index contributed by atoms with van der Waals surface area (Å²) in [5.74, 6) is 0.571. The standard InChI is InChI=1S/C16H25N3O4S/c1-12-9-14(17-23-12)10-16(20)19-8-4-7-15(11-19)24(21,22)18-13-5-2-3-6-13/h9,13,15,18H,2-8,10-11H2,1H3/t15-/m1/s1. The van der Waals surface area contributed by atoms with Crippen LogP contribution in [0.25, 0.3) is 0 Å². The third kappa shape index (κ3) is 4.16. The maximum absolute atomic E-state index is 12.6.